The van der Waals surface area contributed by atoms with Crippen LogP contribution in [0, 0.1) is 12.1 Å². The number of halogens is 2. The molecule has 9 heteroatoms. The molecule has 3 rings (SSSR count). The zero-order valence-corrected chi connectivity index (χ0v) is 14.9. The van der Waals surface area contributed by atoms with Gasteiger partial charge in [0.2, 0.25) is 5.28 Å². The first-order valence-corrected chi connectivity index (χ1v) is 9.00. The van der Waals surface area contributed by atoms with Crippen LogP contribution in [0.15, 0.2) is 6.20 Å². The fourth-order valence-electron chi connectivity index (χ4n) is 2.24. The van der Waals surface area contributed by atoms with Crippen molar-refractivity contribution in [1.29, 1.82) is 0 Å². The van der Waals surface area contributed by atoms with Crippen LogP contribution >= 0.6 is 34.3 Å². The first-order chi connectivity index (χ1) is 10.9. The number of nitrogens with two attached hydrogens (primary N) is 1. The van der Waals surface area contributed by atoms with Crippen LogP contribution in [0.4, 0.5) is 10.2 Å². The number of thiophene rings is 1. The summed E-state index contributed by atoms with van der Waals surface area (Å²) in [5.41, 5.74) is 7.82. The second-order valence-corrected chi connectivity index (χ2v) is 7.77. The minimum atomic E-state index is -0.307. The Hall–Kier alpha value is -1.35. The van der Waals surface area contributed by atoms with E-state index in [2.05, 4.69) is 20.3 Å². The molecule has 23 heavy (non-hydrogen) atoms. The average molecular weight is 372 g/mol. The fraction of sp³-hybridized carbons (Fsp3) is 0.357. The average Bonchev–Trinajstić information content (AvgIpc) is 3.02. The maximum Gasteiger partial charge on any atom is 0.224 e. The lowest BCUT2D eigenvalue weighted by Gasteiger charge is -2.05. The minimum Gasteiger partial charge on any atom is -0.362 e. The van der Waals surface area contributed by atoms with Crippen LogP contribution in [0.3, 0.4) is 0 Å². The molecule has 0 saturated carbocycles. The lowest BCUT2D eigenvalue weighted by Crippen LogP contribution is -2.17. The van der Waals surface area contributed by atoms with Crippen molar-refractivity contribution < 1.29 is 4.39 Å². The molecule has 1 atom stereocenters. The van der Waals surface area contributed by atoms with Gasteiger partial charge in [0, 0.05) is 10.9 Å². The lowest BCUT2D eigenvalue weighted by molar-refractivity contribution is 0.653. The molecule has 3 heterocycles. The van der Waals surface area contributed by atoms with Crippen molar-refractivity contribution in [3.8, 4) is 0 Å². The van der Waals surface area contributed by atoms with Crippen molar-refractivity contribution in [3.05, 3.63) is 32.1 Å². The Labute approximate surface area is 145 Å². The zero-order chi connectivity index (χ0) is 16.6. The predicted octanol–water partition coefficient (Wildman–Crippen LogP) is 3.75. The summed E-state index contributed by atoms with van der Waals surface area (Å²) in [7, 11) is 0. The Morgan fingerprint density at radius 2 is 2.17 bits per heavy atom. The smallest absolute Gasteiger partial charge is 0.224 e. The summed E-state index contributed by atoms with van der Waals surface area (Å²) in [5, 5.41) is 3.70. The molecular formula is C14H15ClFN5S2. The molecule has 0 saturated heterocycles. The molecule has 0 aliphatic heterocycles. The topological polar surface area (TPSA) is 76.7 Å². The molecular weight excluding hydrogens is 357 g/mol. The molecule has 0 aromatic carbocycles. The van der Waals surface area contributed by atoms with E-state index in [9.17, 15) is 4.39 Å². The van der Waals surface area contributed by atoms with E-state index < -0.39 is 0 Å². The molecule has 0 spiro atoms. The highest BCUT2D eigenvalue weighted by molar-refractivity contribution is 7.19. The molecule has 3 aromatic heterocycles. The van der Waals surface area contributed by atoms with E-state index in [0.29, 0.717) is 17.4 Å². The summed E-state index contributed by atoms with van der Waals surface area (Å²) in [6.45, 7) is 4.37. The largest absolute Gasteiger partial charge is 0.362 e. The van der Waals surface area contributed by atoms with Gasteiger partial charge in [-0.2, -0.15) is 9.37 Å². The second-order valence-electron chi connectivity index (χ2n) is 5.26. The van der Waals surface area contributed by atoms with Gasteiger partial charge in [0.15, 0.2) is 5.13 Å². The van der Waals surface area contributed by atoms with E-state index in [-0.39, 0.29) is 16.5 Å². The van der Waals surface area contributed by atoms with Crippen LogP contribution in [0.5, 0.6) is 0 Å². The highest BCUT2D eigenvalue weighted by Crippen LogP contribution is 2.35. The van der Waals surface area contributed by atoms with Crippen LogP contribution in [0.25, 0.3) is 10.2 Å². The van der Waals surface area contributed by atoms with Gasteiger partial charge in [-0.05, 0) is 37.4 Å². The number of rotatable bonds is 5. The van der Waals surface area contributed by atoms with Crippen molar-refractivity contribution in [2.75, 3.05) is 5.32 Å². The summed E-state index contributed by atoms with van der Waals surface area (Å²) in [4.78, 5) is 13.8. The van der Waals surface area contributed by atoms with Crippen LogP contribution in [0.1, 0.15) is 22.4 Å². The number of fused-ring (bicyclic) bond motifs is 1. The van der Waals surface area contributed by atoms with Crippen molar-refractivity contribution >= 4 is 50.3 Å². The van der Waals surface area contributed by atoms with Gasteiger partial charge in [-0.25, -0.2) is 9.97 Å². The van der Waals surface area contributed by atoms with Gasteiger partial charge in [0.1, 0.15) is 10.8 Å². The summed E-state index contributed by atoms with van der Waals surface area (Å²) in [6, 6.07) is 0.0693. The van der Waals surface area contributed by atoms with E-state index in [1.165, 1.54) is 11.1 Å². The summed E-state index contributed by atoms with van der Waals surface area (Å²) in [6.07, 6.45) is 1.99. The highest BCUT2D eigenvalue weighted by Gasteiger charge is 2.16. The van der Waals surface area contributed by atoms with Crippen LogP contribution in [-0.4, -0.2) is 21.0 Å². The molecule has 0 aliphatic rings. The highest BCUT2D eigenvalue weighted by atomic mass is 35.5. The summed E-state index contributed by atoms with van der Waals surface area (Å²) < 4.78 is 13.9. The maximum atomic E-state index is 13.0. The molecule has 122 valence electrons. The first-order valence-electron chi connectivity index (χ1n) is 6.99. The molecule has 0 amide bonds. The number of hydrogen-bond donors (Lipinski definition) is 2. The second kappa shape index (κ2) is 6.64. The first kappa shape index (κ1) is 16.5. The van der Waals surface area contributed by atoms with E-state index in [1.807, 2.05) is 13.8 Å². The van der Waals surface area contributed by atoms with Gasteiger partial charge in [-0.15, -0.1) is 11.3 Å². The molecule has 5 nitrogen and oxygen atoms in total. The molecule has 0 fully saturated rings. The third kappa shape index (κ3) is 3.60. The Morgan fingerprint density at radius 3 is 2.83 bits per heavy atom. The third-order valence-corrected chi connectivity index (χ3v) is 5.54. The lowest BCUT2D eigenvalue weighted by atomic mass is 10.1. The zero-order valence-electron chi connectivity index (χ0n) is 12.6. The molecule has 0 bridgehead atoms. The molecule has 1 unspecified atom stereocenters. The van der Waals surface area contributed by atoms with Gasteiger partial charge in [-0.1, -0.05) is 11.3 Å². The maximum absolute atomic E-state index is 13.0. The van der Waals surface area contributed by atoms with Crippen molar-refractivity contribution in [3.63, 3.8) is 0 Å². The molecule has 3 aromatic rings. The van der Waals surface area contributed by atoms with Crippen LogP contribution < -0.4 is 11.1 Å². The van der Waals surface area contributed by atoms with Gasteiger partial charge in [0.25, 0.3) is 0 Å². The van der Waals surface area contributed by atoms with Crippen LogP contribution in [0.2, 0.25) is 5.28 Å². The number of nitrogens with one attached hydrogen (secondary N) is 1. The number of anilines is 1. The van der Waals surface area contributed by atoms with Crippen molar-refractivity contribution in [2.24, 2.45) is 5.73 Å². The Morgan fingerprint density at radius 1 is 1.39 bits per heavy atom. The molecule has 0 aliphatic carbocycles. The van der Waals surface area contributed by atoms with E-state index >= 15 is 0 Å². The molecule has 0 radical (unpaired) electrons. The number of aromatic nitrogens is 3. The minimum absolute atomic E-state index is 0.0693. The fourth-order valence-corrected chi connectivity index (χ4v) is 4.34. The van der Waals surface area contributed by atoms with E-state index in [0.717, 1.165) is 33.5 Å². The number of nitrogens with zero attached hydrogens (tertiary/aromatic N) is 3. The van der Waals surface area contributed by atoms with E-state index in [1.54, 1.807) is 11.3 Å². The summed E-state index contributed by atoms with van der Waals surface area (Å²) in [5.74, 6) is 0.639. The standard InChI is InChI=1S/C14H15ClFN5S2/c1-6(17)3-8-7(2)11-12(22-8)13(21-14(15)20-11)19-5-10-18-4-9(16)23-10/h4,6H,3,5,17H2,1-2H3,(H,19,20,21). The van der Waals surface area contributed by atoms with Gasteiger partial charge in [0.05, 0.1) is 23.0 Å². The van der Waals surface area contributed by atoms with Crippen LogP contribution in [-0.2, 0) is 13.0 Å². The van der Waals surface area contributed by atoms with Gasteiger partial charge in [-0.3, -0.25) is 0 Å². The van der Waals surface area contributed by atoms with Gasteiger partial charge >= 0.3 is 0 Å². The monoisotopic (exact) mass is 371 g/mol. The van der Waals surface area contributed by atoms with E-state index in [4.69, 9.17) is 17.3 Å². The SMILES string of the molecule is Cc1c(CC(C)N)sc2c(NCc3ncc(F)s3)nc(Cl)nc12. The van der Waals surface area contributed by atoms with Crippen molar-refractivity contribution in [1.82, 2.24) is 15.0 Å². The molecule has 3 N–H and O–H groups in total. The van der Waals surface area contributed by atoms with Gasteiger partial charge < -0.3 is 11.1 Å². The predicted molar refractivity (Wildman–Crippen MR) is 93.9 cm³/mol. The number of hydrogen-bond acceptors (Lipinski definition) is 7. The Kier molecular flexibility index (Phi) is 4.77. The quantitative estimate of drug-likeness (QED) is 0.668. The summed E-state index contributed by atoms with van der Waals surface area (Å²) >= 11 is 8.66. The number of thiazole rings is 1. The third-order valence-electron chi connectivity index (χ3n) is 3.28. The normalized spacial score (nSPS) is 12.7. The number of aryl methyl sites for hydroxylation is 1. The van der Waals surface area contributed by atoms with Crippen molar-refractivity contribution in [2.45, 2.75) is 32.9 Å². The Bertz CT molecular complexity index is 845. The Balaban J connectivity index is 1.95.